The Hall–Kier alpha value is -1.84. The van der Waals surface area contributed by atoms with E-state index in [-0.39, 0.29) is 5.82 Å². The fraction of sp³-hybridized carbons (Fsp3) is 0.333. The van der Waals surface area contributed by atoms with Crippen molar-refractivity contribution in [1.82, 2.24) is 9.47 Å². The molecule has 4 heterocycles. The van der Waals surface area contributed by atoms with E-state index in [1.54, 1.807) is 12.1 Å². The first-order valence-electron chi connectivity index (χ1n) is 8.96. The van der Waals surface area contributed by atoms with E-state index in [0.29, 0.717) is 5.92 Å². The molecule has 2 bridgehead atoms. The van der Waals surface area contributed by atoms with E-state index < -0.39 is 0 Å². The highest BCUT2D eigenvalue weighted by Gasteiger charge is 2.32. The molecule has 4 heteroatoms. The summed E-state index contributed by atoms with van der Waals surface area (Å²) in [5.41, 5.74) is 5.14. The number of fused-ring (bicyclic) bond motifs is 3. The number of rotatable bonds is 2. The standard InChI is InChI=1S/C21H20ClFN2/c22-16-3-1-14(2-4-16)12-25-20-6-5-17(23)11-18(20)19-13-24-9-7-15(8-10-24)21(19)25/h1-6,11,15H,7-10,12-13H2. The molecule has 2 nitrogen and oxygen atoms in total. The van der Waals surface area contributed by atoms with Crippen LogP contribution in [0.1, 0.15) is 35.6 Å². The van der Waals surface area contributed by atoms with Gasteiger partial charge in [0, 0.05) is 40.6 Å². The van der Waals surface area contributed by atoms with Crippen molar-refractivity contribution < 1.29 is 4.39 Å². The van der Waals surface area contributed by atoms with Crippen LogP contribution < -0.4 is 0 Å². The minimum Gasteiger partial charge on any atom is -0.340 e. The molecule has 6 rings (SSSR count). The van der Waals surface area contributed by atoms with Gasteiger partial charge in [-0.1, -0.05) is 23.7 Å². The van der Waals surface area contributed by atoms with E-state index in [4.69, 9.17) is 11.6 Å². The van der Waals surface area contributed by atoms with Crippen molar-refractivity contribution in [3.63, 3.8) is 0 Å². The summed E-state index contributed by atoms with van der Waals surface area (Å²) in [6.45, 7) is 4.05. The van der Waals surface area contributed by atoms with Gasteiger partial charge in [0.2, 0.25) is 0 Å². The fourth-order valence-corrected chi connectivity index (χ4v) is 4.71. The van der Waals surface area contributed by atoms with Crippen LogP contribution in [0.3, 0.4) is 0 Å². The van der Waals surface area contributed by atoms with Crippen LogP contribution in [0.5, 0.6) is 0 Å². The van der Waals surface area contributed by atoms with Gasteiger partial charge in [-0.2, -0.15) is 0 Å². The van der Waals surface area contributed by atoms with Gasteiger partial charge in [0.05, 0.1) is 0 Å². The van der Waals surface area contributed by atoms with Crippen LogP contribution >= 0.6 is 11.6 Å². The third-order valence-electron chi connectivity index (χ3n) is 5.78. The lowest BCUT2D eigenvalue weighted by Gasteiger charge is -2.27. The van der Waals surface area contributed by atoms with Crippen molar-refractivity contribution in [2.45, 2.75) is 31.8 Å². The largest absolute Gasteiger partial charge is 0.340 e. The van der Waals surface area contributed by atoms with Crippen LogP contribution in [0.15, 0.2) is 42.5 Å². The first-order valence-corrected chi connectivity index (χ1v) is 9.34. The van der Waals surface area contributed by atoms with Crippen molar-refractivity contribution in [1.29, 1.82) is 0 Å². The Morgan fingerprint density at radius 3 is 2.56 bits per heavy atom. The lowest BCUT2D eigenvalue weighted by molar-refractivity contribution is 0.219. The lowest BCUT2D eigenvalue weighted by atomic mass is 9.94. The number of piperidine rings is 1. The summed E-state index contributed by atoms with van der Waals surface area (Å²) < 4.78 is 16.4. The molecule has 1 aromatic heterocycles. The smallest absolute Gasteiger partial charge is 0.123 e. The van der Waals surface area contributed by atoms with Gasteiger partial charge in [0.1, 0.15) is 5.82 Å². The normalized spacial score (nSPS) is 22.2. The van der Waals surface area contributed by atoms with Crippen molar-refractivity contribution in [2.75, 3.05) is 13.1 Å². The highest BCUT2D eigenvalue weighted by molar-refractivity contribution is 6.30. The molecule has 0 N–H and O–H groups in total. The summed E-state index contributed by atoms with van der Waals surface area (Å²) in [4.78, 5) is 2.51. The molecule has 0 aliphatic carbocycles. The van der Waals surface area contributed by atoms with E-state index in [1.165, 1.54) is 29.7 Å². The van der Waals surface area contributed by atoms with Crippen molar-refractivity contribution >= 4 is 22.5 Å². The fourth-order valence-electron chi connectivity index (χ4n) is 4.58. The van der Waals surface area contributed by atoms with Crippen LogP contribution in [-0.2, 0) is 13.1 Å². The molecule has 0 radical (unpaired) electrons. The van der Waals surface area contributed by atoms with E-state index >= 15 is 0 Å². The summed E-state index contributed by atoms with van der Waals surface area (Å²) in [5, 5.41) is 1.84. The summed E-state index contributed by atoms with van der Waals surface area (Å²) in [5.74, 6) is 0.432. The summed E-state index contributed by atoms with van der Waals surface area (Å²) in [6.07, 6.45) is 2.40. The highest BCUT2D eigenvalue weighted by atomic mass is 35.5. The van der Waals surface area contributed by atoms with Crippen LogP contribution in [0, 0.1) is 5.82 Å². The van der Waals surface area contributed by atoms with Gasteiger partial charge in [-0.05, 0) is 67.4 Å². The van der Waals surface area contributed by atoms with Crippen molar-refractivity contribution in [3.05, 3.63) is 70.1 Å². The molecule has 0 amide bonds. The molecule has 3 aliphatic heterocycles. The maximum atomic E-state index is 14.0. The summed E-state index contributed by atoms with van der Waals surface area (Å²) >= 11 is 6.04. The first kappa shape index (κ1) is 15.4. The van der Waals surface area contributed by atoms with Crippen LogP contribution in [0.4, 0.5) is 4.39 Å². The maximum Gasteiger partial charge on any atom is 0.123 e. The van der Waals surface area contributed by atoms with E-state index in [0.717, 1.165) is 42.1 Å². The van der Waals surface area contributed by atoms with Gasteiger partial charge in [-0.15, -0.1) is 0 Å². The maximum absolute atomic E-state index is 14.0. The number of halogens is 2. The van der Waals surface area contributed by atoms with E-state index in [1.807, 2.05) is 18.2 Å². The quantitative estimate of drug-likeness (QED) is 0.616. The SMILES string of the molecule is Fc1ccc2c(c1)c1c(n2Cc2ccc(Cl)cc2)C2CCN(CC2)C1. The number of hydrogen-bond donors (Lipinski definition) is 0. The second-order valence-corrected chi connectivity index (χ2v) is 7.72. The predicted molar refractivity (Wildman–Crippen MR) is 99.7 cm³/mol. The number of nitrogens with zero attached hydrogens (tertiary/aromatic N) is 2. The van der Waals surface area contributed by atoms with Gasteiger partial charge in [-0.3, -0.25) is 4.90 Å². The van der Waals surface area contributed by atoms with Gasteiger partial charge in [0.15, 0.2) is 0 Å². The van der Waals surface area contributed by atoms with Crippen LogP contribution in [0.25, 0.3) is 10.9 Å². The zero-order valence-electron chi connectivity index (χ0n) is 14.0. The van der Waals surface area contributed by atoms with Crippen LogP contribution in [0.2, 0.25) is 5.02 Å². The lowest BCUT2D eigenvalue weighted by Crippen LogP contribution is -2.29. The third-order valence-corrected chi connectivity index (χ3v) is 6.04. The molecule has 128 valence electrons. The Kier molecular flexibility index (Phi) is 3.61. The molecule has 0 saturated carbocycles. The summed E-state index contributed by atoms with van der Waals surface area (Å²) in [7, 11) is 0. The monoisotopic (exact) mass is 354 g/mol. The van der Waals surface area contributed by atoms with E-state index in [9.17, 15) is 4.39 Å². The minimum atomic E-state index is -0.148. The first-order chi connectivity index (χ1) is 12.2. The molecule has 3 aliphatic rings. The van der Waals surface area contributed by atoms with Crippen LogP contribution in [-0.4, -0.2) is 22.6 Å². The summed E-state index contributed by atoms with van der Waals surface area (Å²) in [6, 6.07) is 13.3. The Balaban J connectivity index is 1.71. The zero-order chi connectivity index (χ0) is 17.0. The van der Waals surface area contributed by atoms with Crippen molar-refractivity contribution in [2.24, 2.45) is 0 Å². The molecular formula is C21H20ClFN2. The second kappa shape index (κ2) is 5.86. The Labute approximate surface area is 151 Å². The van der Waals surface area contributed by atoms with Gasteiger partial charge in [0.25, 0.3) is 0 Å². The molecule has 0 spiro atoms. The Morgan fingerprint density at radius 2 is 1.80 bits per heavy atom. The van der Waals surface area contributed by atoms with Crippen molar-refractivity contribution in [3.8, 4) is 0 Å². The second-order valence-electron chi connectivity index (χ2n) is 7.29. The zero-order valence-corrected chi connectivity index (χ0v) is 14.8. The molecule has 0 unspecified atom stereocenters. The molecule has 0 atom stereocenters. The minimum absolute atomic E-state index is 0.148. The Bertz CT molecular complexity index is 937. The average molecular weight is 355 g/mol. The molecule has 2 aromatic carbocycles. The topological polar surface area (TPSA) is 8.17 Å². The van der Waals surface area contributed by atoms with Gasteiger partial charge in [-0.25, -0.2) is 4.39 Å². The third kappa shape index (κ3) is 2.57. The number of benzene rings is 2. The number of hydrogen-bond acceptors (Lipinski definition) is 1. The highest BCUT2D eigenvalue weighted by Crippen LogP contribution is 2.41. The Morgan fingerprint density at radius 1 is 1.04 bits per heavy atom. The molecule has 1 saturated heterocycles. The number of aromatic nitrogens is 1. The average Bonchev–Trinajstić information content (AvgIpc) is 2.77. The molecule has 1 fully saturated rings. The van der Waals surface area contributed by atoms with Gasteiger partial charge < -0.3 is 4.57 Å². The molecule has 3 aromatic rings. The van der Waals surface area contributed by atoms with E-state index in [2.05, 4.69) is 21.6 Å². The molecular weight excluding hydrogens is 335 g/mol. The predicted octanol–water partition coefficient (Wildman–Crippen LogP) is 5.18. The molecule has 25 heavy (non-hydrogen) atoms. The van der Waals surface area contributed by atoms with Gasteiger partial charge >= 0.3 is 0 Å².